The number of hydrogen-bond acceptors (Lipinski definition) is 6. The number of nitrogens with zero attached hydrogens (tertiary/aromatic N) is 1. The molecule has 3 rings (SSSR count). The van der Waals surface area contributed by atoms with Gasteiger partial charge in [-0.25, -0.2) is 0 Å². The van der Waals surface area contributed by atoms with Crippen LogP contribution in [0.4, 0.5) is 5.69 Å². The molecule has 0 saturated carbocycles. The van der Waals surface area contributed by atoms with E-state index in [1.165, 1.54) is 11.3 Å². The zero-order valence-corrected chi connectivity index (χ0v) is 19.0. The van der Waals surface area contributed by atoms with Crippen molar-refractivity contribution in [3.63, 3.8) is 0 Å². The molecule has 1 aliphatic rings. The van der Waals surface area contributed by atoms with Crippen LogP contribution in [0.15, 0.2) is 36.4 Å². The number of benzene rings is 1. The van der Waals surface area contributed by atoms with Gasteiger partial charge in [-0.05, 0) is 44.0 Å². The van der Waals surface area contributed by atoms with Gasteiger partial charge in [0.1, 0.15) is 11.5 Å². The van der Waals surface area contributed by atoms with Crippen LogP contribution < -0.4 is 15.0 Å². The molecule has 1 fully saturated rings. The average molecular weight is 443 g/mol. The van der Waals surface area contributed by atoms with E-state index in [1.807, 2.05) is 37.3 Å². The van der Waals surface area contributed by atoms with Gasteiger partial charge in [0.25, 0.3) is 0 Å². The Labute approximate surface area is 187 Å². The number of amides is 1. The van der Waals surface area contributed by atoms with Gasteiger partial charge >= 0.3 is 0 Å². The number of carbonyl (C=O) groups is 3. The molecule has 1 aromatic heterocycles. The van der Waals surface area contributed by atoms with E-state index in [4.69, 9.17) is 4.74 Å². The number of ketones is 2. The summed E-state index contributed by atoms with van der Waals surface area (Å²) in [6.07, 6.45) is 2.62. The molecule has 1 atom stereocenters. The maximum absolute atomic E-state index is 12.4. The molecule has 1 N–H and O–H groups in total. The third-order valence-electron chi connectivity index (χ3n) is 5.49. The van der Waals surface area contributed by atoms with Gasteiger partial charge in [0.05, 0.1) is 17.7 Å². The summed E-state index contributed by atoms with van der Waals surface area (Å²) in [6.45, 7) is 3.59. The fraction of sp³-hybridized carbons (Fsp3) is 0.458. The van der Waals surface area contributed by atoms with Crippen molar-refractivity contribution >= 4 is 34.5 Å². The van der Waals surface area contributed by atoms with Crippen molar-refractivity contribution in [3.8, 4) is 5.75 Å². The number of Topliss-reactive ketones (excluding diaryl/α,β-unsaturated/α-hetero) is 2. The second-order valence-electron chi connectivity index (χ2n) is 7.90. The summed E-state index contributed by atoms with van der Waals surface area (Å²) in [4.78, 5) is 40.6. The van der Waals surface area contributed by atoms with Gasteiger partial charge in [-0.3, -0.25) is 14.4 Å². The summed E-state index contributed by atoms with van der Waals surface area (Å²) in [7, 11) is 1.66. The van der Waals surface area contributed by atoms with Crippen molar-refractivity contribution in [1.29, 1.82) is 0 Å². The van der Waals surface area contributed by atoms with Crippen LogP contribution in [0.25, 0.3) is 0 Å². The van der Waals surface area contributed by atoms with Crippen LogP contribution in [0.3, 0.4) is 0 Å². The first-order valence-corrected chi connectivity index (χ1v) is 11.6. The summed E-state index contributed by atoms with van der Waals surface area (Å²) in [5.74, 6) is 0.665. The molecule has 0 bridgehead atoms. The first kappa shape index (κ1) is 23.0. The Morgan fingerprint density at radius 1 is 1.10 bits per heavy atom. The van der Waals surface area contributed by atoms with E-state index in [9.17, 15) is 14.4 Å². The molecule has 166 valence electrons. The topological polar surface area (TPSA) is 75.7 Å². The summed E-state index contributed by atoms with van der Waals surface area (Å²) in [5, 5.41) is 3.07. The number of ether oxygens (including phenoxy) is 1. The largest absolute Gasteiger partial charge is 0.495 e. The van der Waals surface area contributed by atoms with E-state index < -0.39 is 0 Å². The van der Waals surface area contributed by atoms with E-state index in [1.54, 1.807) is 13.2 Å². The van der Waals surface area contributed by atoms with Crippen LogP contribution in [0.1, 0.15) is 53.1 Å². The minimum Gasteiger partial charge on any atom is -0.495 e. The van der Waals surface area contributed by atoms with Gasteiger partial charge in [0.2, 0.25) is 5.91 Å². The standard InChI is InChI=1S/C24H30N2O4S/c1-17-9-13-23(31-17)21(28)12-10-19(27)11-14-24(29)25-18-6-5-15-26(16-18)20-7-3-4-8-22(20)30-2/h3-4,7-9,13,18H,5-6,10-12,14-16H2,1-2H3,(H,25,29). The van der Waals surface area contributed by atoms with Gasteiger partial charge in [0.15, 0.2) is 5.78 Å². The smallest absolute Gasteiger partial charge is 0.220 e. The predicted molar refractivity (Wildman–Crippen MR) is 123 cm³/mol. The maximum atomic E-state index is 12.4. The average Bonchev–Trinajstić information content (AvgIpc) is 3.22. The van der Waals surface area contributed by atoms with E-state index >= 15 is 0 Å². The minimum atomic E-state index is -0.111. The van der Waals surface area contributed by atoms with Crippen molar-refractivity contribution in [2.24, 2.45) is 0 Å². The molecule has 1 aliphatic heterocycles. The number of rotatable bonds is 10. The lowest BCUT2D eigenvalue weighted by Gasteiger charge is -2.35. The third-order valence-corrected chi connectivity index (χ3v) is 6.53. The molecule has 1 amide bonds. The van der Waals surface area contributed by atoms with Crippen LogP contribution in [0.5, 0.6) is 5.75 Å². The number of nitrogens with one attached hydrogen (secondary N) is 1. The normalized spacial score (nSPS) is 16.1. The highest BCUT2D eigenvalue weighted by atomic mass is 32.1. The Balaban J connectivity index is 1.40. The first-order valence-electron chi connectivity index (χ1n) is 10.7. The lowest BCUT2D eigenvalue weighted by Crippen LogP contribution is -2.48. The fourth-order valence-corrected chi connectivity index (χ4v) is 4.68. The molecule has 6 nitrogen and oxygen atoms in total. The van der Waals surface area contributed by atoms with Crippen molar-refractivity contribution in [2.45, 2.75) is 51.5 Å². The second-order valence-corrected chi connectivity index (χ2v) is 9.18. The summed E-state index contributed by atoms with van der Waals surface area (Å²) in [6, 6.07) is 11.6. The van der Waals surface area contributed by atoms with Gasteiger partial charge in [-0.15, -0.1) is 11.3 Å². The van der Waals surface area contributed by atoms with Crippen LogP contribution in [0, 0.1) is 6.92 Å². The summed E-state index contributed by atoms with van der Waals surface area (Å²) < 4.78 is 5.46. The minimum absolute atomic E-state index is 0.00506. The first-order chi connectivity index (χ1) is 15.0. The highest BCUT2D eigenvalue weighted by Crippen LogP contribution is 2.29. The fourth-order valence-electron chi connectivity index (χ4n) is 3.84. The number of thiophene rings is 1. The number of para-hydroxylation sites is 2. The van der Waals surface area contributed by atoms with Crippen LogP contribution in [-0.2, 0) is 9.59 Å². The number of carbonyl (C=O) groups excluding carboxylic acids is 3. The van der Waals surface area contributed by atoms with Gasteiger partial charge < -0.3 is 15.0 Å². The van der Waals surface area contributed by atoms with Crippen LogP contribution in [-0.4, -0.2) is 43.7 Å². The molecule has 0 spiro atoms. The number of hydrogen-bond donors (Lipinski definition) is 1. The summed E-state index contributed by atoms with van der Waals surface area (Å²) in [5.41, 5.74) is 1.03. The second kappa shape index (κ2) is 11.1. The zero-order valence-electron chi connectivity index (χ0n) is 18.2. The lowest BCUT2D eigenvalue weighted by molar-refractivity contribution is -0.125. The zero-order chi connectivity index (χ0) is 22.2. The highest BCUT2D eigenvalue weighted by Gasteiger charge is 2.23. The highest BCUT2D eigenvalue weighted by molar-refractivity contribution is 7.14. The van der Waals surface area contributed by atoms with Crippen LogP contribution >= 0.6 is 11.3 Å². The van der Waals surface area contributed by atoms with Crippen molar-refractivity contribution in [2.75, 3.05) is 25.1 Å². The van der Waals surface area contributed by atoms with Gasteiger partial charge in [-0.2, -0.15) is 0 Å². The molecule has 2 heterocycles. The molecular weight excluding hydrogens is 412 g/mol. The number of methoxy groups -OCH3 is 1. The number of piperidine rings is 1. The van der Waals surface area contributed by atoms with Crippen molar-refractivity contribution in [3.05, 3.63) is 46.2 Å². The Morgan fingerprint density at radius 2 is 1.87 bits per heavy atom. The molecule has 0 radical (unpaired) electrons. The number of aryl methyl sites for hydroxylation is 1. The van der Waals surface area contributed by atoms with E-state index in [-0.39, 0.29) is 49.2 Å². The lowest BCUT2D eigenvalue weighted by atomic mass is 10.0. The van der Waals surface area contributed by atoms with Gasteiger partial charge in [-0.1, -0.05) is 12.1 Å². The van der Waals surface area contributed by atoms with Crippen molar-refractivity contribution < 1.29 is 19.1 Å². The molecule has 1 unspecified atom stereocenters. The Bertz CT molecular complexity index is 924. The predicted octanol–water partition coefficient (Wildman–Crippen LogP) is 4.16. The molecule has 1 saturated heterocycles. The van der Waals surface area contributed by atoms with Gasteiger partial charge in [0, 0.05) is 49.7 Å². The molecule has 2 aromatic rings. The SMILES string of the molecule is COc1ccccc1N1CCCC(NC(=O)CCC(=O)CCC(=O)c2ccc(C)s2)C1. The number of anilines is 1. The third kappa shape index (κ3) is 6.66. The molecular formula is C24H30N2O4S. The molecule has 1 aromatic carbocycles. The molecule has 7 heteroatoms. The van der Waals surface area contributed by atoms with E-state index in [0.717, 1.165) is 42.2 Å². The monoisotopic (exact) mass is 442 g/mol. The van der Waals surface area contributed by atoms with E-state index in [0.29, 0.717) is 4.88 Å². The van der Waals surface area contributed by atoms with Crippen molar-refractivity contribution in [1.82, 2.24) is 5.32 Å². The Kier molecular flexibility index (Phi) is 8.23. The summed E-state index contributed by atoms with van der Waals surface area (Å²) >= 11 is 1.45. The maximum Gasteiger partial charge on any atom is 0.220 e. The van der Waals surface area contributed by atoms with E-state index in [2.05, 4.69) is 10.2 Å². The molecule has 0 aliphatic carbocycles. The van der Waals surface area contributed by atoms with Crippen LogP contribution in [0.2, 0.25) is 0 Å². The Hall–Kier alpha value is -2.67. The Morgan fingerprint density at radius 3 is 2.61 bits per heavy atom. The quantitative estimate of drug-likeness (QED) is 0.559. The molecule has 31 heavy (non-hydrogen) atoms.